The number of carbonyl (C=O) groups is 1. The first kappa shape index (κ1) is 11.2. The van der Waals surface area contributed by atoms with Gasteiger partial charge in [0, 0.05) is 5.54 Å². The normalized spacial score (nSPS) is 13.8. The van der Waals surface area contributed by atoms with Crippen molar-refractivity contribution in [3.8, 4) is 0 Å². The maximum atomic E-state index is 11.3. The lowest BCUT2D eigenvalue weighted by Gasteiger charge is -2.23. The van der Waals surface area contributed by atoms with Gasteiger partial charge in [-0.05, 0) is 27.7 Å². The lowest BCUT2D eigenvalue weighted by atomic mass is 10.1. The van der Waals surface area contributed by atoms with E-state index >= 15 is 0 Å². The third kappa shape index (κ3) is 4.13. The van der Waals surface area contributed by atoms with E-state index in [0.29, 0.717) is 5.57 Å². The van der Waals surface area contributed by atoms with Gasteiger partial charge in [-0.15, -0.1) is 0 Å². The Balaban J connectivity index is 4.15. The highest BCUT2D eigenvalue weighted by atomic mass is 16.2. The van der Waals surface area contributed by atoms with Crippen molar-refractivity contribution in [1.82, 2.24) is 5.32 Å². The first-order valence-electron chi connectivity index (χ1n) is 3.97. The Labute approximate surface area is 74.0 Å². The number of carbonyl (C=O) groups excluding carboxylic acids is 1. The van der Waals surface area contributed by atoms with Crippen LogP contribution in [0.3, 0.4) is 0 Å². The van der Waals surface area contributed by atoms with E-state index in [0.717, 1.165) is 0 Å². The van der Waals surface area contributed by atoms with Crippen LogP contribution in [0.2, 0.25) is 0 Å². The SMILES string of the molecule is C=C(C)C(N)C(=O)NC(C)(C)C. The number of hydrogen-bond acceptors (Lipinski definition) is 2. The van der Waals surface area contributed by atoms with Gasteiger partial charge in [0.25, 0.3) is 0 Å². The number of hydrogen-bond donors (Lipinski definition) is 2. The standard InChI is InChI=1S/C9H18N2O/c1-6(2)7(10)8(12)11-9(3,4)5/h7H,1,10H2,2-5H3,(H,11,12). The molecule has 0 aromatic rings. The van der Waals surface area contributed by atoms with Gasteiger partial charge < -0.3 is 11.1 Å². The summed E-state index contributed by atoms with van der Waals surface area (Å²) in [6, 6.07) is -0.593. The maximum Gasteiger partial charge on any atom is 0.241 e. The van der Waals surface area contributed by atoms with E-state index in [1.807, 2.05) is 20.8 Å². The van der Waals surface area contributed by atoms with Crippen LogP contribution in [0, 0.1) is 0 Å². The van der Waals surface area contributed by atoms with E-state index in [9.17, 15) is 4.79 Å². The van der Waals surface area contributed by atoms with Crippen LogP contribution in [-0.4, -0.2) is 17.5 Å². The Hall–Kier alpha value is -0.830. The Morgan fingerprint density at radius 2 is 1.92 bits per heavy atom. The molecule has 0 spiro atoms. The lowest BCUT2D eigenvalue weighted by Crippen LogP contribution is -2.49. The maximum absolute atomic E-state index is 11.3. The molecule has 3 heteroatoms. The number of amides is 1. The molecule has 0 rings (SSSR count). The monoisotopic (exact) mass is 170 g/mol. The molecule has 0 heterocycles. The summed E-state index contributed by atoms with van der Waals surface area (Å²) < 4.78 is 0. The van der Waals surface area contributed by atoms with Crippen LogP contribution in [0.25, 0.3) is 0 Å². The number of nitrogens with two attached hydrogens (primary N) is 1. The van der Waals surface area contributed by atoms with Crippen molar-refractivity contribution in [1.29, 1.82) is 0 Å². The predicted octanol–water partition coefficient (Wildman–Crippen LogP) is 0.804. The molecule has 1 unspecified atom stereocenters. The minimum Gasteiger partial charge on any atom is -0.350 e. The zero-order valence-electron chi connectivity index (χ0n) is 8.27. The molecule has 0 aliphatic heterocycles. The van der Waals surface area contributed by atoms with E-state index in [2.05, 4.69) is 11.9 Å². The second-order valence-electron chi connectivity index (χ2n) is 4.06. The summed E-state index contributed by atoms with van der Waals surface area (Å²) in [6.45, 7) is 11.1. The van der Waals surface area contributed by atoms with Crippen LogP contribution in [0.5, 0.6) is 0 Å². The molecule has 0 aliphatic carbocycles. The Morgan fingerprint density at radius 1 is 1.50 bits per heavy atom. The third-order valence-electron chi connectivity index (χ3n) is 1.31. The number of nitrogens with one attached hydrogen (secondary N) is 1. The molecule has 12 heavy (non-hydrogen) atoms. The van der Waals surface area contributed by atoms with E-state index in [1.165, 1.54) is 0 Å². The summed E-state index contributed by atoms with van der Waals surface area (Å²) in [6.07, 6.45) is 0. The van der Waals surface area contributed by atoms with Gasteiger partial charge in [-0.1, -0.05) is 12.2 Å². The van der Waals surface area contributed by atoms with Gasteiger partial charge in [-0.2, -0.15) is 0 Å². The van der Waals surface area contributed by atoms with Crippen LogP contribution in [0.15, 0.2) is 12.2 Å². The molecule has 1 atom stereocenters. The van der Waals surface area contributed by atoms with Crippen LogP contribution < -0.4 is 11.1 Å². The van der Waals surface area contributed by atoms with Crippen molar-refractivity contribution in [2.45, 2.75) is 39.3 Å². The highest BCUT2D eigenvalue weighted by Gasteiger charge is 2.19. The average molecular weight is 170 g/mol. The first-order valence-corrected chi connectivity index (χ1v) is 3.97. The summed E-state index contributed by atoms with van der Waals surface area (Å²) in [7, 11) is 0. The fourth-order valence-electron chi connectivity index (χ4n) is 0.671. The zero-order chi connectivity index (χ0) is 9.94. The molecule has 70 valence electrons. The highest BCUT2D eigenvalue weighted by molar-refractivity contribution is 5.84. The van der Waals surface area contributed by atoms with Crippen molar-refractivity contribution >= 4 is 5.91 Å². The van der Waals surface area contributed by atoms with Crippen molar-refractivity contribution in [3.05, 3.63) is 12.2 Å². The van der Waals surface area contributed by atoms with Crippen molar-refractivity contribution in [2.75, 3.05) is 0 Å². The zero-order valence-corrected chi connectivity index (χ0v) is 8.27. The van der Waals surface area contributed by atoms with Gasteiger partial charge in [-0.3, -0.25) is 4.79 Å². The van der Waals surface area contributed by atoms with Crippen LogP contribution in [0.1, 0.15) is 27.7 Å². The Bertz CT molecular complexity index is 191. The molecular weight excluding hydrogens is 152 g/mol. The van der Waals surface area contributed by atoms with E-state index in [-0.39, 0.29) is 11.4 Å². The molecule has 0 aliphatic rings. The van der Waals surface area contributed by atoms with Gasteiger partial charge in [0.05, 0.1) is 0 Å². The Kier molecular flexibility index (Phi) is 3.46. The quantitative estimate of drug-likeness (QED) is 0.602. The van der Waals surface area contributed by atoms with Crippen molar-refractivity contribution in [2.24, 2.45) is 5.73 Å². The largest absolute Gasteiger partial charge is 0.350 e. The second kappa shape index (κ2) is 3.72. The fraction of sp³-hybridized carbons (Fsp3) is 0.667. The molecule has 0 aromatic carbocycles. The molecule has 0 saturated carbocycles. The second-order valence-corrected chi connectivity index (χ2v) is 4.06. The molecule has 3 N–H and O–H groups in total. The summed E-state index contributed by atoms with van der Waals surface area (Å²) >= 11 is 0. The summed E-state index contributed by atoms with van der Waals surface area (Å²) in [5.41, 5.74) is 6.00. The van der Waals surface area contributed by atoms with Crippen LogP contribution in [-0.2, 0) is 4.79 Å². The van der Waals surface area contributed by atoms with Crippen LogP contribution in [0.4, 0.5) is 0 Å². The van der Waals surface area contributed by atoms with Crippen molar-refractivity contribution < 1.29 is 4.79 Å². The summed E-state index contributed by atoms with van der Waals surface area (Å²) in [5, 5.41) is 2.78. The minimum absolute atomic E-state index is 0.171. The summed E-state index contributed by atoms with van der Waals surface area (Å²) in [5.74, 6) is -0.171. The van der Waals surface area contributed by atoms with E-state index in [1.54, 1.807) is 6.92 Å². The molecule has 0 saturated heterocycles. The molecule has 1 amide bonds. The smallest absolute Gasteiger partial charge is 0.241 e. The number of rotatable bonds is 2. The first-order chi connectivity index (χ1) is 5.24. The summed E-state index contributed by atoms with van der Waals surface area (Å²) in [4.78, 5) is 11.3. The van der Waals surface area contributed by atoms with Gasteiger partial charge in [0.2, 0.25) is 5.91 Å². The van der Waals surface area contributed by atoms with Crippen molar-refractivity contribution in [3.63, 3.8) is 0 Å². The van der Waals surface area contributed by atoms with Gasteiger partial charge in [0.15, 0.2) is 0 Å². The average Bonchev–Trinajstić information content (AvgIpc) is 1.82. The third-order valence-corrected chi connectivity index (χ3v) is 1.31. The van der Waals surface area contributed by atoms with Gasteiger partial charge in [0.1, 0.15) is 6.04 Å². The topological polar surface area (TPSA) is 55.1 Å². The molecule has 0 aromatic heterocycles. The van der Waals surface area contributed by atoms with E-state index < -0.39 is 6.04 Å². The minimum atomic E-state index is -0.593. The van der Waals surface area contributed by atoms with Crippen LogP contribution >= 0.6 is 0 Å². The highest BCUT2D eigenvalue weighted by Crippen LogP contribution is 2.01. The van der Waals surface area contributed by atoms with Gasteiger partial charge in [-0.25, -0.2) is 0 Å². The predicted molar refractivity (Wildman–Crippen MR) is 50.7 cm³/mol. The van der Waals surface area contributed by atoms with E-state index in [4.69, 9.17) is 5.73 Å². The van der Waals surface area contributed by atoms with Gasteiger partial charge >= 0.3 is 0 Å². The fourth-order valence-corrected chi connectivity index (χ4v) is 0.671. The lowest BCUT2D eigenvalue weighted by molar-refractivity contribution is -0.122. The molecular formula is C9H18N2O. The molecule has 3 nitrogen and oxygen atoms in total. The molecule has 0 fully saturated rings. The Morgan fingerprint density at radius 3 is 2.17 bits per heavy atom. The molecule has 0 bridgehead atoms. The molecule has 0 radical (unpaired) electrons.